The highest BCUT2D eigenvalue weighted by atomic mass is 16.2. The summed E-state index contributed by atoms with van der Waals surface area (Å²) < 4.78 is 0. The quantitative estimate of drug-likeness (QED) is 0.521. The van der Waals surface area contributed by atoms with Crippen molar-refractivity contribution in [3.05, 3.63) is 30.4 Å². The van der Waals surface area contributed by atoms with Crippen LogP contribution in [0.15, 0.2) is 30.4 Å². The van der Waals surface area contributed by atoms with Crippen LogP contribution in [0, 0.1) is 34.5 Å². The smallest absolute Gasteiger partial charge is 0.320 e. The summed E-state index contributed by atoms with van der Waals surface area (Å²) in [7, 11) is 1.54. The lowest BCUT2D eigenvalue weighted by Gasteiger charge is -2.59. The number of aromatic nitrogens is 1. The number of nitrogens with zero attached hydrogens (tertiary/aromatic N) is 1. The second-order valence-corrected chi connectivity index (χ2v) is 11.4. The molecule has 3 fully saturated rings. The first-order chi connectivity index (χ1) is 16.7. The van der Waals surface area contributed by atoms with Crippen LogP contribution in [0.3, 0.4) is 0 Å². The van der Waals surface area contributed by atoms with Crippen molar-refractivity contribution in [1.82, 2.24) is 15.6 Å². The van der Waals surface area contributed by atoms with E-state index < -0.39 is 0 Å². The van der Waals surface area contributed by atoms with Gasteiger partial charge in [-0.2, -0.15) is 0 Å². The monoisotopic (exact) mass is 479 g/mol. The number of pyridine rings is 1. The Balaban J connectivity index is 1.25. The van der Waals surface area contributed by atoms with Crippen molar-refractivity contribution in [3.63, 3.8) is 0 Å². The van der Waals surface area contributed by atoms with Gasteiger partial charge >= 0.3 is 6.03 Å². The van der Waals surface area contributed by atoms with Gasteiger partial charge in [-0.3, -0.25) is 14.9 Å². The molecule has 0 radical (unpaired) electrons. The molecule has 5 rings (SSSR count). The second-order valence-electron chi connectivity index (χ2n) is 11.4. The predicted molar refractivity (Wildman–Crippen MR) is 135 cm³/mol. The molecule has 35 heavy (non-hydrogen) atoms. The number of carbonyl (C=O) groups is 3. The van der Waals surface area contributed by atoms with Crippen LogP contribution in [0.4, 0.5) is 16.4 Å². The zero-order valence-corrected chi connectivity index (χ0v) is 20.9. The van der Waals surface area contributed by atoms with Crippen LogP contribution >= 0.6 is 0 Å². The number of fused-ring (bicyclic) bond motifs is 5. The van der Waals surface area contributed by atoms with E-state index in [9.17, 15) is 14.4 Å². The molecule has 4 aliphatic rings. The molecule has 0 bridgehead atoms. The maximum absolute atomic E-state index is 13.0. The van der Waals surface area contributed by atoms with E-state index in [1.807, 2.05) is 0 Å². The lowest BCUT2D eigenvalue weighted by Crippen LogP contribution is -2.59. The Morgan fingerprint density at radius 2 is 1.83 bits per heavy atom. The maximum Gasteiger partial charge on any atom is 0.320 e. The summed E-state index contributed by atoms with van der Waals surface area (Å²) in [6, 6.07) is 5.09. The van der Waals surface area contributed by atoms with E-state index in [1.54, 1.807) is 31.3 Å². The number of urea groups is 1. The highest BCUT2D eigenvalue weighted by Crippen LogP contribution is 2.65. The van der Waals surface area contributed by atoms with E-state index >= 15 is 0 Å². The Labute approximate surface area is 207 Å². The molecule has 3 aliphatic carbocycles. The van der Waals surface area contributed by atoms with Gasteiger partial charge in [0.1, 0.15) is 11.6 Å². The summed E-state index contributed by atoms with van der Waals surface area (Å²) in [5.41, 5.74) is 0.201. The highest BCUT2D eigenvalue weighted by molar-refractivity contribution is 5.91. The third-order valence-corrected chi connectivity index (χ3v) is 9.80. The Morgan fingerprint density at radius 3 is 2.60 bits per heavy atom. The van der Waals surface area contributed by atoms with Crippen LogP contribution in [0.1, 0.15) is 58.8 Å². The number of nitrogens with one attached hydrogen (secondary N) is 4. The highest BCUT2D eigenvalue weighted by Gasteiger charge is 2.59. The third-order valence-electron chi connectivity index (χ3n) is 9.80. The van der Waals surface area contributed by atoms with Gasteiger partial charge in [0.25, 0.3) is 0 Å². The minimum Gasteiger partial charge on any atom is -0.349 e. The lowest BCUT2D eigenvalue weighted by molar-refractivity contribution is -0.123. The largest absolute Gasteiger partial charge is 0.349 e. The number of hydrogen-bond acceptors (Lipinski definition) is 4. The standard InChI is InChI=1S/C27H37N5O3/c1-26-13-11-19-17(8-10-20-27(19,2)14-12-23(33)29-20)18(26)9-7-16(26)15-24(34)31-21-5-4-6-22(30-21)32-25(35)28-3/h4-6,12,14,16-20H,7-11,13,15H2,1-3H3,(H,29,33)(H3,28,30,31,32,34,35)/t16-,17+,18+,19+,20-,26-,27-/m1/s1. The SMILES string of the molecule is CNC(=O)Nc1cccc(NC(=O)C[C@H]2CC[C@H]3[C@@H]4CC[C@H]5NC(=O)C=C[C@]5(C)[C@H]4CC[C@]23C)n1. The molecule has 4 N–H and O–H groups in total. The van der Waals surface area contributed by atoms with Crippen molar-refractivity contribution in [1.29, 1.82) is 0 Å². The van der Waals surface area contributed by atoms with Gasteiger partial charge in [0.15, 0.2) is 0 Å². The van der Waals surface area contributed by atoms with Crippen LogP contribution < -0.4 is 21.3 Å². The summed E-state index contributed by atoms with van der Waals surface area (Å²) in [5.74, 6) is 3.09. The molecule has 0 unspecified atom stereocenters. The van der Waals surface area contributed by atoms with E-state index in [0.717, 1.165) is 32.1 Å². The summed E-state index contributed by atoms with van der Waals surface area (Å²) in [6.45, 7) is 4.75. The van der Waals surface area contributed by atoms with E-state index in [2.05, 4.69) is 46.2 Å². The first-order valence-corrected chi connectivity index (χ1v) is 13.0. The van der Waals surface area contributed by atoms with Gasteiger partial charge in [0.2, 0.25) is 11.8 Å². The first-order valence-electron chi connectivity index (χ1n) is 13.0. The minimum absolute atomic E-state index is 0.0165. The average molecular weight is 480 g/mol. The number of anilines is 2. The molecule has 188 valence electrons. The third kappa shape index (κ3) is 4.21. The molecular weight excluding hydrogens is 442 g/mol. The number of hydrogen-bond donors (Lipinski definition) is 4. The number of amides is 4. The molecule has 1 aliphatic heterocycles. The second kappa shape index (κ2) is 8.95. The van der Waals surface area contributed by atoms with E-state index in [4.69, 9.17) is 0 Å². The molecule has 1 aromatic heterocycles. The topological polar surface area (TPSA) is 112 Å². The van der Waals surface area contributed by atoms with Gasteiger partial charge in [-0.05, 0) is 85.8 Å². The van der Waals surface area contributed by atoms with Crippen LogP contribution in [-0.4, -0.2) is 35.9 Å². The van der Waals surface area contributed by atoms with Gasteiger partial charge < -0.3 is 16.0 Å². The molecule has 0 aromatic carbocycles. The molecule has 0 saturated heterocycles. The van der Waals surface area contributed by atoms with Crippen LogP contribution in [0.25, 0.3) is 0 Å². The fourth-order valence-corrected chi connectivity index (χ4v) is 7.95. The van der Waals surface area contributed by atoms with Crippen molar-refractivity contribution in [3.8, 4) is 0 Å². The first kappa shape index (κ1) is 23.8. The Kier molecular flexibility index (Phi) is 6.09. The molecule has 8 nitrogen and oxygen atoms in total. The van der Waals surface area contributed by atoms with Gasteiger partial charge in [-0.1, -0.05) is 26.0 Å². The fraction of sp³-hybridized carbons (Fsp3) is 0.630. The van der Waals surface area contributed by atoms with Gasteiger partial charge in [0, 0.05) is 24.9 Å². The van der Waals surface area contributed by atoms with Gasteiger partial charge in [0.05, 0.1) is 0 Å². The molecule has 3 saturated carbocycles. The Hall–Kier alpha value is -2.90. The van der Waals surface area contributed by atoms with Crippen molar-refractivity contribution in [2.24, 2.45) is 34.5 Å². The average Bonchev–Trinajstić information content (AvgIpc) is 3.15. The van der Waals surface area contributed by atoms with Crippen molar-refractivity contribution >= 4 is 29.5 Å². The fourth-order valence-electron chi connectivity index (χ4n) is 7.95. The van der Waals surface area contributed by atoms with Gasteiger partial charge in [-0.15, -0.1) is 0 Å². The maximum atomic E-state index is 13.0. The molecule has 2 heterocycles. The molecule has 1 aromatic rings. The predicted octanol–water partition coefficient (Wildman–Crippen LogP) is 4.07. The molecule has 7 atom stereocenters. The molecule has 0 spiro atoms. The van der Waals surface area contributed by atoms with Crippen LogP contribution in [0.2, 0.25) is 0 Å². The van der Waals surface area contributed by atoms with E-state index in [1.165, 1.54) is 6.42 Å². The van der Waals surface area contributed by atoms with E-state index in [-0.39, 0.29) is 34.7 Å². The summed E-state index contributed by atoms with van der Waals surface area (Å²) >= 11 is 0. The van der Waals surface area contributed by atoms with E-state index in [0.29, 0.717) is 41.7 Å². The van der Waals surface area contributed by atoms with Crippen molar-refractivity contribution in [2.45, 2.75) is 64.8 Å². The zero-order valence-electron chi connectivity index (χ0n) is 20.9. The zero-order chi connectivity index (χ0) is 24.8. The Morgan fingerprint density at radius 1 is 1.06 bits per heavy atom. The summed E-state index contributed by atoms with van der Waals surface area (Å²) in [4.78, 5) is 40.9. The summed E-state index contributed by atoms with van der Waals surface area (Å²) in [5, 5.41) is 11.3. The minimum atomic E-state index is -0.351. The molecule has 4 amide bonds. The van der Waals surface area contributed by atoms with Crippen molar-refractivity contribution < 1.29 is 14.4 Å². The van der Waals surface area contributed by atoms with Crippen LogP contribution in [-0.2, 0) is 9.59 Å². The van der Waals surface area contributed by atoms with Crippen LogP contribution in [0.5, 0.6) is 0 Å². The lowest BCUT2D eigenvalue weighted by atomic mass is 9.48. The summed E-state index contributed by atoms with van der Waals surface area (Å²) in [6.07, 6.45) is 11.2. The van der Waals surface area contributed by atoms with Gasteiger partial charge in [-0.25, -0.2) is 9.78 Å². The Bertz CT molecular complexity index is 1060. The number of rotatable bonds is 4. The molecule has 8 heteroatoms. The molecular formula is C27H37N5O3. The van der Waals surface area contributed by atoms with Crippen molar-refractivity contribution in [2.75, 3.05) is 17.7 Å². The number of carbonyl (C=O) groups excluding carboxylic acids is 3. The normalized spacial score (nSPS) is 37.3.